The molecule has 19 heavy (non-hydrogen) atoms. The van der Waals surface area contributed by atoms with Gasteiger partial charge in [0.05, 0.1) is 5.03 Å². The van der Waals surface area contributed by atoms with Gasteiger partial charge in [0.1, 0.15) is 5.82 Å². The second-order valence-electron chi connectivity index (χ2n) is 4.23. The Morgan fingerprint density at radius 2 is 1.84 bits per heavy atom. The molecule has 1 nitrogen and oxygen atoms in total. The van der Waals surface area contributed by atoms with Crippen molar-refractivity contribution in [3.8, 4) is 11.1 Å². The molecule has 0 aliphatic rings. The topological polar surface area (TPSA) is 15.8 Å². The van der Waals surface area contributed by atoms with Crippen molar-refractivity contribution >= 4 is 34.3 Å². The Balaban J connectivity index is 2.31. The van der Waals surface area contributed by atoms with Crippen molar-refractivity contribution in [2.75, 3.05) is 6.26 Å². The number of H-pyrrole nitrogens is 1. The average Bonchev–Trinajstić information content (AvgIpc) is 2.77. The van der Waals surface area contributed by atoms with Gasteiger partial charge in [-0.3, -0.25) is 0 Å². The first-order chi connectivity index (χ1) is 9.19. The number of rotatable bonds is 2. The van der Waals surface area contributed by atoms with Gasteiger partial charge >= 0.3 is 0 Å². The summed E-state index contributed by atoms with van der Waals surface area (Å²) < 4.78 is 13.1. The molecular formula is C15H11ClFNS. The van der Waals surface area contributed by atoms with Gasteiger partial charge in [0.25, 0.3) is 0 Å². The van der Waals surface area contributed by atoms with E-state index in [9.17, 15) is 4.39 Å². The summed E-state index contributed by atoms with van der Waals surface area (Å²) in [7, 11) is 0. The molecule has 1 aromatic heterocycles. The number of thioether (sulfide) groups is 1. The molecule has 0 radical (unpaired) electrons. The number of nitrogens with one attached hydrogen (secondary N) is 1. The van der Waals surface area contributed by atoms with Gasteiger partial charge in [-0.15, -0.1) is 11.8 Å². The fourth-order valence-corrected chi connectivity index (χ4v) is 3.01. The summed E-state index contributed by atoms with van der Waals surface area (Å²) in [4.78, 5) is 3.36. The molecule has 4 heteroatoms. The average molecular weight is 292 g/mol. The molecule has 3 rings (SSSR count). The molecule has 0 aliphatic carbocycles. The van der Waals surface area contributed by atoms with Gasteiger partial charge in [-0.1, -0.05) is 23.7 Å². The van der Waals surface area contributed by atoms with Crippen molar-refractivity contribution in [3.63, 3.8) is 0 Å². The third kappa shape index (κ3) is 2.24. The molecule has 3 aromatic rings. The SMILES string of the molecule is CSc1[nH]c2ccc(Cl)cc2c1-c1ccc(F)cc1. The Morgan fingerprint density at radius 3 is 2.53 bits per heavy atom. The molecule has 2 aromatic carbocycles. The van der Waals surface area contributed by atoms with E-state index in [2.05, 4.69) is 4.98 Å². The molecule has 0 spiro atoms. The van der Waals surface area contributed by atoms with Crippen molar-refractivity contribution < 1.29 is 4.39 Å². The Morgan fingerprint density at radius 1 is 1.11 bits per heavy atom. The molecule has 1 N–H and O–H groups in total. The Labute approximate surface area is 119 Å². The van der Waals surface area contributed by atoms with E-state index in [0.717, 1.165) is 27.1 Å². The van der Waals surface area contributed by atoms with Crippen molar-refractivity contribution in [2.45, 2.75) is 5.03 Å². The van der Waals surface area contributed by atoms with E-state index in [4.69, 9.17) is 11.6 Å². The van der Waals surface area contributed by atoms with Crippen LogP contribution in [0.5, 0.6) is 0 Å². The number of fused-ring (bicyclic) bond motifs is 1. The van der Waals surface area contributed by atoms with E-state index < -0.39 is 0 Å². The maximum absolute atomic E-state index is 13.1. The van der Waals surface area contributed by atoms with Crippen LogP contribution in [-0.2, 0) is 0 Å². The highest BCUT2D eigenvalue weighted by molar-refractivity contribution is 7.98. The van der Waals surface area contributed by atoms with E-state index in [1.165, 1.54) is 12.1 Å². The van der Waals surface area contributed by atoms with Gasteiger partial charge < -0.3 is 4.98 Å². The highest BCUT2D eigenvalue weighted by atomic mass is 35.5. The Kier molecular flexibility index (Phi) is 3.25. The van der Waals surface area contributed by atoms with Gasteiger partial charge in [0.2, 0.25) is 0 Å². The number of hydrogen-bond donors (Lipinski definition) is 1. The number of benzene rings is 2. The lowest BCUT2D eigenvalue weighted by Gasteiger charge is -2.03. The van der Waals surface area contributed by atoms with Crippen molar-refractivity contribution in [3.05, 3.63) is 53.3 Å². The predicted octanol–water partition coefficient (Wildman–Crippen LogP) is 5.35. The third-order valence-electron chi connectivity index (χ3n) is 3.06. The van der Waals surface area contributed by atoms with E-state index in [1.807, 2.05) is 24.5 Å². The molecule has 0 saturated carbocycles. The first-order valence-electron chi connectivity index (χ1n) is 5.80. The minimum Gasteiger partial charge on any atom is -0.349 e. The molecule has 0 saturated heterocycles. The molecule has 0 fully saturated rings. The summed E-state index contributed by atoms with van der Waals surface area (Å²) in [6.07, 6.45) is 2.01. The van der Waals surface area contributed by atoms with E-state index >= 15 is 0 Å². The molecule has 96 valence electrons. The molecule has 0 aliphatic heterocycles. The molecule has 0 bridgehead atoms. The van der Waals surface area contributed by atoms with Gasteiger partial charge in [-0.25, -0.2) is 4.39 Å². The van der Waals surface area contributed by atoms with Crippen molar-refractivity contribution in [1.82, 2.24) is 4.98 Å². The number of hydrogen-bond acceptors (Lipinski definition) is 1. The normalized spacial score (nSPS) is 11.1. The minimum atomic E-state index is -0.229. The lowest BCUT2D eigenvalue weighted by Crippen LogP contribution is -1.80. The van der Waals surface area contributed by atoms with E-state index in [0.29, 0.717) is 5.02 Å². The molecule has 0 amide bonds. The van der Waals surface area contributed by atoms with Crippen LogP contribution in [-0.4, -0.2) is 11.2 Å². The van der Waals surface area contributed by atoms with Crippen LogP contribution in [0.1, 0.15) is 0 Å². The Hall–Kier alpha value is -1.45. The summed E-state index contributed by atoms with van der Waals surface area (Å²) in [5.74, 6) is -0.229. The predicted molar refractivity (Wildman–Crippen MR) is 80.5 cm³/mol. The van der Waals surface area contributed by atoms with E-state index in [-0.39, 0.29) is 5.82 Å². The monoisotopic (exact) mass is 291 g/mol. The number of aromatic amines is 1. The lowest BCUT2D eigenvalue weighted by molar-refractivity contribution is 0.628. The van der Waals surface area contributed by atoms with Crippen molar-refractivity contribution in [1.29, 1.82) is 0 Å². The van der Waals surface area contributed by atoms with Gasteiger partial charge in [-0.2, -0.15) is 0 Å². The Bertz CT molecular complexity index is 734. The third-order valence-corrected chi connectivity index (χ3v) is 4.01. The van der Waals surface area contributed by atoms with Crippen LogP contribution < -0.4 is 0 Å². The highest BCUT2D eigenvalue weighted by Crippen LogP contribution is 2.37. The van der Waals surface area contributed by atoms with Gasteiger partial charge in [-0.05, 0) is 42.2 Å². The summed E-state index contributed by atoms with van der Waals surface area (Å²) in [6.45, 7) is 0. The van der Waals surface area contributed by atoms with Crippen LogP contribution in [0.4, 0.5) is 4.39 Å². The van der Waals surface area contributed by atoms with Gasteiger partial charge in [0, 0.05) is 21.5 Å². The zero-order valence-corrected chi connectivity index (χ0v) is 11.8. The highest BCUT2D eigenvalue weighted by Gasteiger charge is 2.13. The van der Waals surface area contributed by atoms with Crippen LogP contribution >= 0.6 is 23.4 Å². The van der Waals surface area contributed by atoms with Crippen LogP contribution in [0.3, 0.4) is 0 Å². The maximum atomic E-state index is 13.1. The quantitative estimate of drug-likeness (QED) is 0.629. The maximum Gasteiger partial charge on any atom is 0.123 e. The van der Waals surface area contributed by atoms with Crippen LogP contribution in [0.15, 0.2) is 47.5 Å². The first kappa shape index (κ1) is 12.6. The van der Waals surface area contributed by atoms with Gasteiger partial charge in [0.15, 0.2) is 0 Å². The van der Waals surface area contributed by atoms with E-state index in [1.54, 1.807) is 23.9 Å². The second-order valence-corrected chi connectivity index (χ2v) is 5.48. The molecular weight excluding hydrogens is 281 g/mol. The standard InChI is InChI=1S/C15H11ClFNS/c1-19-15-14(9-2-5-11(17)6-3-9)12-8-10(16)4-7-13(12)18-15/h2-8,18H,1H3. The van der Waals surface area contributed by atoms with Crippen LogP contribution in [0.2, 0.25) is 5.02 Å². The summed E-state index contributed by atoms with van der Waals surface area (Å²) >= 11 is 7.71. The van der Waals surface area contributed by atoms with Crippen molar-refractivity contribution in [2.24, 2.45) is 0 Å². The molecule has 0 unspecified atom stereocenters. The smallest absolute Gasteiger partial charge is 0.123 e. The fraction of sp³-hybridized carbons (Fsp3) is 0.0667. The molecule has 1 heterocycles. The fourth-order valence-electron chi connectivity index (χ4n) is 2.20. The number of halogens is 2. The van der Waals surface area contributed by atoms with Crippen LogP contribution in [0.25, 0.3) is 22.0 Å². The largest absolute Gasteiger partial charge is 0.349 e. The molecule has 0 atom stereocenters. The number of aromatic nitrogens is 1. The first-order valence-corrected chi connectivity index (χ1v) is 7.40. The second kappa shape index (κ2) is 4.91. The lowest BCUT2D eigenvalue weighted by atomic mass is 10.0. The zero-order chi connectivity index (χ0) is 13.4. The van der Waals surface area contributed by atoms with Crippen LogP contribution in [0, 0.1) is 5.82 Å². The zero-order valence-electron chi connectivity index (χ0n) is 10.2. The summed E-state index contributed by atoms with van der Waals surface area (Å²) in [6, 6.07) is 12.3. The minimum absolute atomic E-state index is 0.229. The summed E-state index contributed by atoms with van der Waals surface area (Å²) in [5.41, 5.74) is 3.09. The summed E-state index contributed by atoms with van der Waals surface area (Å²) in [5, 5.41) is 2.81.